The molecule has 60 valence electrons. The van der Waals surface area contributed by atoms with Gasteiger partial charge in [0.05, 0.1) is 5.38 Å². The molecule has 1 unspecified atom stereocenters. The molecule has 0 radical (unpaired) electrons. The number of benzene rings is 1. The Balaban J connectivity index is 3.21. The van der Waals surface area contributed by atoms with E-state index in [1.54, 1.807) is 25.1 Å². The number of nitrogen functional groups attached to an aromatic ring is 1. The van der Waals surface area contributed by atoms with Crippen molar-refractivity contribution >= 4 is 17.3 Å². The lowest BCUT2D eigenvalue weighted by molar-refractivity contribution is 0.469. The molecule has 0 saturated heterocycles. The Morgan fingerprint density at radius 2 is 2.18 bits per heavy atom. The highest BCUT2D eigenvalue weighted by atomic mass is 35.5. The lowest BCUT2D eigenvalue weighted by Crippen LogP contribution is -1.94. The normalized spacial score (nSPS) is 12.9. The van der Waals surface area contributed by atoms with Gasteiger partial charge in [0.2, 0.25) is 0 Å². The van der Waals surface area contributed by atoms with Gasteiger partial charge in [-0.2, -0.15) is 0 Å². The number of hydrogen-bond donors (Lipinski definition) is 2. The smallest absolute Gasteiger partial charge is 0.122 e. The van der Waals surface area contributed by atoms with Crippen LogP contribution >= 0.6 is 11.6 Å². The first-order chi connectivity index (χ1) is 5.13. The van der Waals surface area contributed by atoms with Crippen LogP contribution in [0.25, 0.3) is 0 Å². The molecule has 1 atom stereocenters. The quantitative estimate of drug-likeness (QED) is 0.503. The molecule has 1 aromatic rings. The number of rotatable bonds is 1. The summed E-state index contributed by atoms with van der Waals surface area (Å²) in [7, 11) is 0. The summed E-state index contributed by atoms with van der Waals surface area (Å²) in [6.45, 7) is 1.77. The average Bonchev–Trinajstić information content (AvgIpc) is 1.85. The molecule has 2 nitrogen and oxygen atoms in total. The fourth-order valence-corrected chi connectivity index (χ4v) is 1.24. The molecule has 1 rings (SSSR count). The number of anilines is 1. The van der Waals surface area contributed by atoms with E-state index in [0.717, 1.165) is 0 Å². The second-order valence-electron chi connectivity index (χ2n) is 2.40. The summed E-state index contributed by atoms with van der Waals surface area (Å²) >= 11 is 5.77. The number of phenols is 1. The molecular weight excluding hydrogens is 162 g/mol. The van der Waals surface area contributed by atoms with Crippen LogP contribution in [-0.4, -0.2) is 5.11 Å². The SMILES string of the molecule is CC(Cl)c1c(N)cccc1O. The van der Waals surface area contributed by atoms with Crippen LogP contribution in [0.2, 0.25) is 0 Å². The molecular formula is C8H10ClNO. The highest BCUT2D eigenvalue weighted by Crippen LogP contribution is 2.32. The Hall–Kier alpha value is -0.890. The van der Waals surface area contributed by atoms with Crippen LogP contribution in [0.1, 0.15) is 17.9 Å². The van der Waals surface area contributed by atoms with Crippen molar-refractivity contribution in [1.29, 1.82) is 0 Å². The van der Waals surface area contributed by atoms with Crippen LogP contribution in [0.5, 0.6) is 5.75 Å². The Morgan fingerprint density at radius 3 is 2.55 bits per heavy atom. The third-order valence-corrected chi connectivity index (χ3v) is 1.73. The Morgan fingerprint density at radius 1 is 1.55 bits per heavy atom. The van der Waals surface area contributed by atoms with Crippen molar-refractivity contribution in [2.45, 2.75) is 12.3 Å². The highest BCUT2D eigenvalue weighted by Gasteiger charge is 2.09. The third-order valence-electron chi connectivity index (χ3n) is 1.51. The Bertz CT molecular complexity index is 240. The molecule has 0 aromatic heterocycles. The number of hydrogen-bond acceptors (Lipinski definition) is 2. The van der Waals surface area contributed by atoms with Crippen molar-refractivity contribution in [3.05, 3.63) is 23.8 Å². The van der Waals surface area contributed by atoms with E-state index < -0.39 is 0 Å². The fraction of sp³-hybridized carbons (Fsp3) is 0.250. The summed E-state index contributed by atoms with van der Waals surface area (Å²) in [5.74, 6) is 0.160. The monoisotopic (exact) mass is 171 g/mol. The van der Waals surface area contributed by atoms with Gasteiger partial charge < -0.3 is 10.8 Å². The second kappa shape index (κ2) is 3.01. The van der Waals surface area contributed by atoms with E-state index >= 15 is 0 Å². The molecule has 0 saturated carbocycles. The molecule has 0 bridgehead atoms. The number of aromatic hydroxyl groups is 1. The maximum Gasteiger partial charge on any atom is 0.122 e. The Labute approximate surface area is 70.6 Å². The van der Waals surface area contributed by atoms with E-state index in [9.17, 15) is 5.11 Å². The van der Waals surface area contributed by atoms with Crippen molar-refractivity contribution in [1.82, 2.24) is 0 Å². The van der Waals surface area contributed by atoms with Gasteiger partial charge in [0.1, 0.15) is 5.75 Å². The van der Waals surface area contributed by atoms with Gasteiger partial charge in [0.25, 0.3) is 0 Å². The number of halogens is 1. The van der Waals surface area contributed by atoms with E-state index in [4.69, 9.17) is 17.3 Å². The third kappa shape index (κ3) is 1.57. The van der Waals surface area contributed by atoms with Crippen LogP contribution < -0.4 is 5.73 Å². The zero-order valence-electron chi connectivity index (χ0n) is 6.21. The van der Waals surface area contributed by atoms with E-state index in [0.29, 0.717) is 11.3 Å². The van der Waals surface area contributed by atoms with Gasteiger partial charge in [-0.15, -0.1) is 11.6 Å². The molecule has 0 heterocycles. The van der Waals surface area contributed by atoms with Gasteiger partial charge in [0, 0.05) is 11.3 Å². The summed E-state index contributed by atoms with van der Waals surface area (Å²) < 4.78 is 0. The van der Waals surface area contributed by atoms with Gasteiger partial charge in [-0.1, -0.05) is 6.07 Å². The maximum atomic E-state index is 9.30. The van der Waals surface area contributed by atoms with E-state index in [-0.39, 0.29) is 11.1 Å². The minimum atomic E-state index is -0.254. The molecule has 0 amide bonds. The summed E-state index contributed by atoms with van der Waals surface area (Å²) in [6.07, 6.45) is 0. The van der Waals surface area contributed by atoms with E-state index in [1.165, 1.54) is 0 Å². The highest BCUT2D eigenvalue weighted by molar-refractivity contribution is 6.21. The number of alkyl halides is 1. The molecule has 3 heteroatoms. The van der Waals surface area contributed by atoms with Gasteiger partial charge in [-0.25, -0.2) is 0 Å². The van der Waals surface area contributed by atoms with Crippen LogP contribution in [0.15, 0.2) is 18.2 Å². The minimum Gasteiger partial charge on any atom is -0.508 e. The van der Waals surface area contributed by atoms with E-state index in [2.05, 4.69) is 0 Å². The van der Waals surface area contributed by atoms with Crippen molar-refractivity contribution in [3.63, 3.8) is 0 Å². The first-order valence-corrected chi connectivity index (χ1v) is 3.78. The molecule has 0 spiro atoms. The number of nitrogens with two attached hydrogens (primary N) is 1. The number of phenolic OH excluding ortho intramolecular Hbond substituents is 1. The van der Waals surface area contributed by atoms with Crippen molar-refractivity contribution < 1.29 is 5.11 Å². The summed E-state index contributed by atoms with van der Waals surface area (Å²) in [4.78, 5) is 0. The van der Waals surface area contributed by atoms with Gasteiger partial charge in [0.15, 0.2) is 0 Å². The van der Waals surface area contributed by atoms with Crippen LogP contribution in [0, 0.1) is 0 Å². The first-order valence-electron chi connectivity index (χ1n) is 3.34. The van der Waals surface area contributed by atoms with Crippen molar-refractivity contribution in [2.24, 2.45) is 0 Å². The molecule has 0 aliphatic rings. The summed E-state index contributed by atoms with van der Waals surface area (Å²) in [5, 5.41) is 9.04. The minimum absolute atomic E-state index is 0.160. The van der Waals surface area contributed by atoms with Crippen LogP contribution in [0.3, 0.4) is 0 Å². The van der Waals surface area contributed by atoms with Gasteiger partial charge in [-0.05, 0) is 19.1 Å². The van der Waals surface area contributed by atoms with Crippen LogP contribution in [0.4, 0.5) is 5.69 Å². The first kappa shape index (κ1) is 8.21. The van der Waals surface area contributed by atoms with Crippen LogP contribution in [-0.2, 0) is 0 Å². The predicted molar refractivity (Wildman–Crippen MR) is 46.8 cm³/mol. The summed E-state index contributed by atoms with van der Waals surface area (Å²) in [6, 6.07) is 4.98. The lowest BCUT2D eigenvalue weighted by Gasteiger charge is -2.08. The molecule has 0 fully saturated rings. The van der Waals surface area contributed by atoms with E-state index in [1.807, 2.05) is 0 Å². The molecule has 1 aromatic carbocycles. The topological polar surface area (TPSA) is 46.2 Å². The van der Waals surface area contributed by atoms with Gasteiger partial charge >= 0.3 is 0 Å². The van der Waals surface area contributed by atoms with Gasteiger partial charge in [-0.3, -0.25) is 0 Å². The zero-order chi connectivity index (χ0) is 8.43. The maximum absolute atomic E-state index is 9.30. The zero-order valence-corrected chi connectivity index (χ0v) is 6.97. The predicted octanol–water partition coefficient (Wildman–Crippen LogP) is 2.27. The largest absolute Gasteiger partial charge is 0.508 e. The molecule has 0 aliphatic carbocycles. The molecule has 3 N–H and O–H groups in total. The Kier molecular flexibility index (Phi) is 2.25. The standard InChI is InChI=1S/C8H10ClNO/c1-5(9)8-6(10)3-2-4-7(8)11/h2-5,11H,10H2,1H3. The molecule has 11 heavy (non-hydrogen) atoms. The fourth-order valence-electron chi connectivity index (χ4n) is 1.00. The van der Waals surface area contributed by atoms with Crippen molar-refractivity contribution in [3.8, 4) is 5.75 Å². The summed E-state index contributed by atoms with van der Waals surface area (Å²) in [5.41, 5.74) is 6.72. The van der Waals surface area contributed by atoms with Crippen molar-refractivity contribution in [2.75, 3.05) is 5.73 Å². The average molecular weight is 172 g/mol. The second-order valence-corrected chi connectivity index (χ2v) is 3.05. The molecule has 0 aliphatic heterocycles. The lowest BCUT2D eigenvalue weighted by atomic mass is 10.1.